The molecule has 7 atom stereocenters. The molecule has 9 nitrogen and oxygen atoms in total. The summed E-state index contributed by atoms with van der Waals surface area (Å²) >= 11 is 0. The average Bonchev–Trinajstić information content (AvgIpc) is 3.70. The van der Waals surface area contributed by atoms with E-state index in [1.54, 1.807) is 0 Å². The number of amides is 1. The van der Waals surface area contributed by atoms with Crippen LogP contribution in [-0.2, 0) is 18.6 Å². The number of carbonyl (C=O) groups is 1. The maximum atomic E-state index is 16.1. The Morgan fingerprint density at radius 3 is 2.40 bits per heavy atom. The second-order valence-corrected chi connectivity index (χ2v) is 17.3. The lowest BCUT2D eigenvalue weighted by molar-refractivity contribution is -0.114. The number of hydrogen-bond acceptors (Lipinski definition) is 7. The van der Waals surface area contributed by atoms with E-state index >= 15 is 4.39 Å². The highest BCUT2D eigenvalue weighted by Gasteiger charge is 2.54. The third-order valence-electron chi connectivity index (χ3n) is 8.86. The number of anilines is 1. The van der Waals surface area contributed by atoms with Crippen molar-refractivity contribution in [1.29, 1.82) is 0 Å². The average molecular weight is 625 g/mol. The number of nitrogens with one attached hydrogen (secondary N) is 1. The summed E-state index contributed by atoms with van der Waals surface area (Å²) in [5.74, 6) is -0.241. The number of ether oxygens (including phenoxy) is 1. The third-order valence-corrected chi connectivity index (χ3v) is 15.1. The molecule has 0 saturated carbocycles. The second kappa shape index (κ2) is 12.7. The van der Waals surface area contributed by atoms with Crippen molar-refractivity contribution in [2.45, 2.75) is 82.5 Å². The summed E-state index contributed by atoms with van der Waals surface area (Å²) in [6, 6.07) is 24.0. The first kappa shape index (κ1) is 30.2. The topological polar surface area (TPSA) is 94.9 Å². The van der Waals surface area contributed by atoms with Crippen molar-refractivity contribution < 1.29 is 23.0 Å². The fourth-order valence-electron chi connectivity index (χ4n) is 6.61. The van der Waals surface area contributed by atoms with E-state index in [1.165, 1.54) is 29.6 Å². The van der Waals surface area contributed by atoms with E-state index in [0.29, 0.717) is 6.42 Å². The number of fused-ring (bicyclic) bond motifs is 1. The molecule has 1 unspecified atom stereocenters. The fourth-order valence-corrected chi connectivity index (χ4v) is 12.6. The van der Waals surface area contributed by atoms with Crippen LogP contribution in [-0.4, -0.2) is 65.3 Å². The largest absolute Gasteiger partial charge is 0.351 e. The molecule has 3 saturated heterocycles. The molecule has 3 aliphatic heterocycles. The van der Waals surface area contributed by atoms with Crippen LogP contribution in [0.15, 0.2) is 77.7 Å². The highest BCUT2D eigenvalue weighted by atomic mass is 31.2. The van der Waals surface area contributed by atoms with Gasteiger partial charge in [-0.2, -0.15) is 4.98 Å². The van der Waals surface area contributed by atoms with Gasteiger partial charge in [-0.15, -0.1) is 0 Å². The van der Waals surface area contributed by atoms with Crippen LogP contribution in [0.1, 0.15) is 39.3 Å². The van der Waals surface area contributed by atoms with Gasteiger partial charge in [-0.25, -0.2) is 13.9 Å². The van der Waals surface area contributed by atoms with E-state index in [2.05, 4.69) is 82.2 Å². The summed E-state index contributed by atoms with van der Waals surface area (Å²) < 4.78 is 38.8. The van der Waals surface area contributed by atoms with E-state index in [-0.39, 0.29) is 23.9 Å². The van der Waals surface area contributed by atoms with Gasteiger partial charge in [0, 0.05) is 25.7 Å². The number of nitrogens with zero attached hydrogens (tertiary/aromatic N) is 3. The van der Waals surface area contributed by atoms with E-state index < -0.39 is 46.9 Å². The lowest BCUT2D eigenvalue weighted by atomic mass is 10.1. The molecular formula is C31H38FN4O5PSi. The van der Waals surface area contributed by atoms with Gasteiger partial charge in [0.15, 0.2) is 12.4 Å². The van der Waals surface area contributed by atoms with Gasteiger partial charge >= 0.3 is 5.69 Å². The zero-order valence-corrected chi connectivity index (χ0v) is 26.5. The number of alkyl halides is 1. The van der Waals surface area contributed by atoms with E-state index in [1.807, 2.05) is 6.92 Å². The normalized spacial score (nSPS) is 29.1. The molecule has 4 heterocycles. The molecule has 1 aromatic heterocycles. The summed E-state index contributed by atoms with van der Waals surface area (Å²) in [5, 5.41) is 5.19. The Hall–Kier alpha value is -2.79. The first-order chi connectivity index (χ1) is 20.8. The first-order valence-corrected chi connectivity index (χ1v) is 18.8. The molecule has 3 aromatic rings. The number of rotatable bonds is 9. The lowest BCUT2D eigenvalue weighted by Gasteiger charge is -2.32. The Balaban J connectivity index is 1.22. The molecule has 0 bridgehead atoms. The minimum absolute atomic E-state index is 0.0323. The van der Waals surface area contributed by atoms with Gasteiger partial charge in [-0.05, 0) is 31.4 Å². The van der Waals surface area contributed by atoms with Crippen molar-refractivity contribution in [1.82, 2.24) is 14.2 Å². The number of aromatic nitrogens is 2. The number of carbonyl (C=O) groups excluding carboxylic acids is 1. The lowest BCUT2D eigenvalue weighted by Crippen LogP contribution is -2.58. The van der Waals surface area contributed by atoms with Crippen LogP contribution in [0.4, 0.5) is 10.2 Å². The van der Waals surface area contributed by atoms with Crippen molar-refractivity contribution >= 4 is 38.7 Å². The Kier molecular flexibility index (Phi) is 8.91. The molecule has 1 amide bonds. The molecule has 0 radical (unpaired) electrons. The van der Waals surface area contributed by atoms with Gasteiger partial charge in [0.05, 0.1) is 12.2 Å². The molecule has 3 fully saturated rings. The first-order valence-electron chi connectivity index (χ1n) is 15.0. The zero-order chi connectivity index (χ0) is 30.1. The molecule has 228 valence electrons. The number of hydrogen-bond donors (Lipinski definition) is 1. The van der Waals surface area contributed by atoms with Crippen LogP contribution in [0.25, 0.3) is 0 Å². The van der Waals surface area contributed by atoms with Crippen LogP contribution in [0.3, 0.4) is 0 Å². The smallest absolute Gasteiger partial charge is 0.349 e. The van der Waals surface area contributed by atoms with Crippen LogP contribution in [0.2, 0.25) is 12.6 Å². The predicted molar refractivity (Wildman–Crippen MR) is 167 cm³/mol. The molecule has 6 rings (SSSR count). The van der Waals surface area contributed by atoms with Crippen LogP contribution in [0, 0.1) is 0 Å². The molecule has 3 aliphatic rings. The maximum Gasteiger partial charge on any atom is 0.351 e. The van der Waals surface area contributed by atoms with Gasteiger partial charge < -0.3 is 19.1 Å². The SMILES string of the molecule is CC[C@H]1O[C@@H](n2ccc(NC(C)=O)nc2=O)C(F)[C@H]1O[P@@]1O[C@H](C[Si](C)(c2ccccc2)c2ccccc2)[C@@H]2CCCN21. The standard InChI is InChI=1S/C31H38FN4O5PSi/c1-4-25-29(28(32)30(39-25)35-19-17-27(33-21(2)37)34-31(35)38)41-42-36-18-11-16-24(36)26(40-42)20-43(3,22-12-7-5-8-13-22)23-14-9-6-10-15-23/h5-10,12-15,17,19,24-26,28-30H,4,11,16,18,20H2,1-3H3,(H,33,34,37,38)/t24-,25+,26+,28?,29-,30+,42+/m0/s1. The number of benzene rings is 2. The van der Waals surface area contributed by atoms with Crippen molar-refractivity contribution in [3.8, 4) is 0 Å². The molecule has 12 heteroatoms. The number of halogens is 1. The van der Waals surface area contributed by atoms with Gasteiger partial charge in [0.2, 0.25) is 5.91 Å². The van der Waals surface area contributed by atoms with E-state index in [4.69, 9.17) is 13.8 Å². The minimum atomic E-state index is -2.18. The second-order valence-electron chi connectivity index (χ2n) is 11.7. The van der Waals surface area contributed by atoms with Gasteiger partial charge in [0.25, 0.3) is 8.53 Å². The fraction of sp³-hybridized carbons (Fsp3) is 0.452. The molecule has 1 N–H and O–H groups in total. The molecular weight excluding hydrogens is 586 g/mol. The van der Waals surface area contributed by atoms with Gasteiger partial charge in [-0.1, -0.05) is 84.5 Å². The maximum absolute atomic E-state index is 16.1. The van der Waals surface area contributed by atoms with Crippen molar-refractivity contribution in [2.24, 2.45) is 0 Å². The molecule has 0 aliphatic carbocycles. The quantitative estimate of drug-likeness (QED) is 0.282. The van der Waals surface area contributed by atoms with Crippen LogP contribution in [0.5, 0.6) is 0 Å². The highest BCUT2D eigenvalue weighted by molar-refractivity contribution is 7.45. The summed E-state index contributed by atoms with van der Waals surface area (Å²) in [6.07, 6.45) is -0.295. The van der Waals surface area contributed by atoms with Gasteiger partial charge in [0.1, 0.15) is 20.0 Å². The Morgan fingerprint density at radius 2 is 1.79 bits per heavy atom. The third kappa shape index (κ3) is 5.99. The summed E-state index contributed by atoms with van der Waals surface area (Å²) in [6.45, 7) is 6.50. The van der Waals surface area contributed by atoms with Crippen molar-refractivity contribution in [3.05, 3.63) is 83.4 Å². The summed E-state index contributed by atoms with van der Waals surface area (Å²) in [4.78, 5) is 28.0. The van der Waals surface area contributed by atoms with E-state index in [0.717, 1.165) is 30.0 Å². The van der Waals surface area contributed by atoms with Crippen molar-refractivity contribution in [2.75, 3.05) is 11.9 Å². The Morgan fingerprint density at radius 1 is 1.12 bits per heavy atom. The van der Waals surface area contributed by atoms with Gasteiger partial charge in [-0.3, -0.25) is 9.36 Å². The Bertz CT molecular complexity index is 1440. The highest BCUT2D eigenvalue weighted by Crippen LogP contribution is 2.59. The monoisotopic (exact) mass is 624 g/mol. The van der Waals surface area contributed by atoms with Crippen LogP contribution < -0.4 is 21.4 Å². The summed E-state index contributed by atoms with van der Waals surface area (Å²) in [5.41, 5.74) is -0.706. The molecule has 43 heavy (non-hydrogen) atoms. The summed E-state index contributed by atoms with van der Waals surface area (Å²) in [7, 11) is -3.69. The molecule has 2 aromatic carbocycles. The minimum Gasteiger partial charge on any atom is -0.349 e. The Labute approximate surface area is 253 Å². The van der Waals surface area contributed by atoms with E-state index in [9.17, 15) is 9.59 Å². The van der Waals surface area contributed by atoms with Crippen molar-refractivity contribution in [3.63, 3.8) is 0 Å². The molecule has 0 spiro atoms. The zero-order valence-electron chi connectivity index (χ0n) is 24.6. The van der Waals surface area contributed by atoms with Crippen LogP contribution >= 0.6 is 8.53 Å². The predicted octanol–water partition coefficient (Wildman–Crippen LogP) is 4.22.